The van der Waals surface area contributed by atoms with E-state index in [9.17, 15) is 26.3 Å². The summed E-state index contributed by atoms with van der Waals surface area (Å²) in [5.41, 5.74) is -0.285. The van der Waals surface area contributed by atoms with Crippen molar-refractivity contribution < 1.29 is 40.6 Å². The Hall–Kier alpha value is -4.40. The first kappa shape index (κ1) is 36.4. The number of allylic oxidation sites excluding steroid dienone is 1. The highest BCUT2D eigenvalue weighted by atomic mass is 19.2. The van der Waals surface area contributed by atoms with Crippen molar-refractivity contribution in [2.45, 2.75) is 58.8 Å². The fraction of sp³-hybridized carbons (Fsp3) is 0.333. The number of hydrogen-bond donors (Lipinski definition) is 0. The summed E-state index contributed by atoms with van der Waals surface area (Å²) in [5, 5.41) is 0. The Morgan fingerprint density at radius 3 is 1.60 bits per heavy atom. The molecule has 4 rings (SSSR count). The molecule has 256 valence electrons. The fourth-order valence-electron chi connectivity index (χ4n) is 5.53. The number of halogens is 6. The summed E-state index contributed by atoms with van der Waals surface area (Å²) in [6.07, 6.45) is 7.96. The molecule has 0 aromatic heterocycles. The van der Waals surface area contributed by atoms with Crippen LogP contribution in [0, 0.1) is 47.7 Å². The lowest BCUT2D eigenvalue weighted by Crippen LogP contribution is -2.04. The molecule has 1 atom stereocenters. The molecule has 9 heteroatoms. The normalized spacial score (nSPS) is 11.8. The van der Waals surface area contributed by atoms with Gasteiger partial charge in [-0.1, -0.05) is 31.1 Å². The SMILES string of the molecule is C=CCC(CCCCOc1ccc(-c2ccc(C)c(F)c2F)c(F)c1)CCCCOc1ccc(-c2ccc(OCC)c(F)c2F)c(F)c1. The molecule has 3 nitrogen and oxygen atoms in total. The summed E-state index contributed by atoms with van der Waals surface area (Å²) in [4.78, 5) is 0. The van der Waals surface area contributed by atoms with Gasteiger partial charge in [-0.25, -0.2) is 22.0 Å². The zero-order chi connectivity index (χ0) is 34.6. The average molecular weight is 671 g/mol. The van der Waals surface area contributed by atoms with E-state index in [-0.39, 0.29) is 40.2 Å². The van der Waals surface area contributed by atoms with Crippen molar-refractivity contribution in [1.82, 2.24) is 0 Å². The van der Waals surface area contributed by atoms with E-state index in [1.165, 1.54) is 61.5 Å². The quantitative estimate of drug-likeness (QED) is 0.0599. The summed E-state index contributed by atoms with van der Waals surface area (Å²) >= 11 is 0. The van der Waals surface area contributed by atoms with Gasteiger partial charge in [0.15, 0.2) is 23.2 Å². The van der Waals surface area contributed by atoms with Crippen LogP contribution in [0.5, 0.6) is 17.2 Å². The predicted molar refractivity (Wildman–Crippen MR) is 176 cm³/mol. The highest BCUT2D eigenvalue weighted by Crippen LogP contribution is 2.34. The second-order valence-corrected chi connectivity index (χ2v) is 11.6. The summed E-state index contributed by atoms with van der Waals surface area (Å²) in [6, 6.07) is 13.5. The van der Waals surface area contributed by atoms with Crippen molar-refractivity contribution >= 4 is 0 Å². The molecule has 0 heterocycles. The third-order valence-corrected chi connectivity index (χ3v) is 8.13. The Labute approximate surface area is 278 Å². The van der Waals surface area contributed by atoms with Crippen LogP contribution in [-0.4, -0.2) is 19.8 Å². The van der Waals surface area contributed by atoms with Crippen LogP contribution < -0.4 is 14.2 Å². The van der Waals surface area contributed by atoms with E-state index in [2.05, 4.69) is 6.58 Å². The number of unbranched alkanes of at least 4 members (excludes halogenated alkanes) is 2. The van der Waals surface area contributed by atoms with Crippen LogP contribution in [-0.2, 0) is 0 Å². The minimum Gasteiger partial charge on any atom is -0.493 e. The smallest absolute Gasteiger partial charge is 0.201 e. The van der Waals surface area contributed by atoms with Crippen LogP contribution in [0.4, 0.5) is 26.3 Å². The Kier molecular flexibility index (Phi) is 13.4. The predicted octanol–water partition coefficient (Wildman–Crippen LogP) is 11.6. The zero-order valence-electron chi connectivity index (χ0n) is 27.2. The number of aryl methyl sites for hydroxylation is 1. The summed E-state index contributed by atoms with van der Waals surface area (Å²) < 4.78 is 103. The van der Waals surface area contributed by atoms with E-state index in [4.69, 9.17) is 14.2 Å². The van der Waals surface area contributed by atoms with Crippen LogP contribution in [0.3, 0.4) is 0 Å². The van der Waals surface area contributed by atoms with E-state index in [0.29, 0.717) is 30.6 Å². The zero-order valence-corrected chi connectivity index (χ0v) is 27.2. The summed E-state index contributed by atoms with van der Waals surface area (Å²) in [7, 11) is 0. The van der Waals surface area contributed by atoms with Gasteiger partial charge in [0.1, 0.15) is 23.1 Å². The molecule has 1 unspecified atom stereocenters. The van der Waals surface area contributed by atoms with Crippen LogP contribution in [0.1, 0.15) is 57.4 Å². The summed E-state index contributed by atoms with van der Waals surface area (Å²) in [5.74, 6) is -5.00. The molecular formula is C39H40F6O3. The molecule has 0 amide bonds. The molecule has 0 radical (unpaired) electrons. The molecule has 4 aromatic rings. The highest BCUT2D eigenvalue weighted by molar-refractivity contribution is 5.67. The van der Waals surface area contributed by atoms with Crippen molar-refractivity contribution in [3.63, 3.8) is 0 Å². The lowest BCUT2D eigenvalue weighted by atomic mass is 9.93. The van der Waals surface area contributed by atoms with E-state index in [1.54, 1.807) is 13.0 Å². The van der Waals surface area contributed by atoms with E-state index in [1.807, 2.05) is 6.08 Å². The first-order valence-electron chi connectivity index (χ1n) is 16.2. The van der Waals surface area contributed by atoms with Gasteiger partial charge in [-0.2, -0.15) is 4.39 Å². The second kappa shape index (κ2) is 17.7. The minimum absolute atomic E-state index is 0.0314. The molecule has 0 saturated carbocycles. The lowest BCUT2D eigenvalue weighted by Gasteiger charge is -2.15. The van der Waals surface area contributed by atoms with E-state index in [0.717, 1.165) is 44.9 Å². The van der Waals surface area contributed by atoms with Crippen LogP contribution in [0.25, 0.3) is 22.3 Å². The van der Waals surface area contributed by atoms with E-state index >= 15 is 0 Å². The Morgan fingerprint density at radius 1 is 0.604 bits per heavy atom. The van der Waals surface area contributed by atoms with Gasteiger partial charge in [0.2, 0.25) is 5.82 Å². The monoisotopic (exact) mass is 670 g/mol. The van der Waals surface area contributed by atoms with Crippen LogP contribution in [0.2, 0.25) is 0 Å². The first-order valence-corrected chi connectivity index (χ1v) is 16.2. The summed E-state index contributed by atoms with van der Waals surface area (Å²) in [6.45, 7) is 7.90. The van der Waals surface area contributed by atoms with Gasteiger partial charge < -0.3 is 14.2 Å². The maximum atomic E-state index is 14.8. The first-order chi connectivity index (χ1) is 23.1. The Bertz CT molecular complexity index is 1690. The molecule has 0 bridgehead atoms. The van der Waals surface area contributed by atoms with Gasteiger partial charge >= 0.3 is 0 Å². The second-order valence-electron chi connectivity index (χ2n) is 11.6. The van der Waals surface area contributed by atoms with Crippen molar-refractivity contribution in [2.75, 3.05) is 19.8 Å². The van der Waals surface area contributed by atoms with Gasteiger partial charge in [0, 0.05) is 34.4 Å². The maximum absolute atomic E-state index is 14.8. The van der Waals surface area contributed by atoms with Gasteiger partial charge in [0.25, 0.3) is 0 Å². The van der Waals surface area contributed by atoms with Gasteiger partial charge in [0.05, 0.1) is 19.8 Å². The van der Waals surface area contributed by atoms with Gasteiger partial charge in [-0.15, -0.1) is 6.58 Å². The minimum atomic E-state index is -1.17. The third kappa shape index (κ3) is 9.36. The number of benzene rings is 4. The molecule has 48 heavy (non-hydrogen) atoms. The molecule has 0 spiro atoms. The van der Waals surface area contributed by atoms with Gasteiger partial charge in [-0.05, 0) is 93.8 Å². The molecule has 0 fully saturated rings. The number of rotatable bonds is 18. The Balaban J connectivity index is 1.17. The van der Waals surface area contributed by atoms with Crippen molar-refractivity contribution in [3.8, 4) is 39.5 Å². The lowest BCUT2D eigenvalue weighted by molar-refractivity contribution is 0.285. The number of ether oxygens (including phenoxy) is 3. The largest absolute Gasteiger partial charge is 0.493 e. The standard InChI is InChI=1S/C39H40F6O3/c1-4-10-26(11-6-8-21-47-27-14-17-29(33(40)23-27)31-16-13-25(3)36(42)37(31)43)12-7-9-22-48-28-15-18-30(34(41)24-28)32-19-20-35(46-5-2)39(45)38(32)44/h4,13-20,23-24,26H,1,5-12,21-22H2,2-3H3. The van der Waals surface area contributed by atoms with E-state index < -0.39 is 34.9 Å². The molecule has 0 saturated heterocycles. The molecule has 0 aliphatic heterocycles. The Morgan fingerprint density at radius 2 is 1.10 bits per heavy atom. The average Bonchev–Trinajstić information content (AvgIpc) is 3.06. The topological polar surface area (TPSA) is 27.7 Å². The molecule has 4 aromatic carbocycles. The van der Waals surface area contributed by atoms with Crippen molar-refractivity contribution in [1.29, 1.82) is 0 Å². The molecule has 0 N–H and O–H groups in total. The number of hydrogen-bond acceptors (Lipinski definition) is 3. The fourth-order valence-corrected chi connectivity index (χ4v) is 5.53. The van der Waals surface area contributed by atoms with Crippen LogP contribution >= 0.6 is 0 Å². The highest BCUT2D eigenvalue weighted by Gasteiger charge is 2.19. The molecule has 0 aliphatic carbocycles. The van der Waals surface area contributed by atoms with Crippen molar-refractivity contribution in [3.05, 3.63) is 114 Å². The van der Waals surface area contributed by atoms with Gasteiger partial charge in [-0.3, -0.25) is 0 Å². The molecular weight excluding hydrogens is 630 g/mol. The van der Waals surface area contributed by atoms with Crippen LogP contribution in [0.15, 0.2) is 73.3 Å². The maximum Gasteiger partial charge on any atom is 0.201 e. The third-order valence-electron chi connectivity index (χ3n) is 8.13. The molecule has 0 aliphatic rings. The van der Waals surface area contributed by atoms with Crippen molar-refractivity contribution in [2.24, 2.45) is 5.92 Å².